The van der Waals surface area contributed by atoms with Gasteiger partial charge in [0.25, 0.3) is 0 Å². The summed E-state index contributed by atoms with van der Waals surface area (Å²) in [7, 11) is -3.56. The first-order valence-electron chi connectivity index (χ1n) is 5.06. The molecule has 1 aromatic carbocycles. The van der Waals surface area contributed by atoms with E-state index in [9.17, 15) is 8.42 Å². The van der Waals surface area contributed by atoms with E-state index in [2.05, 4.69) is 20.7 Å². The molecule has 18 heavy (non-hydrogen) atoms. The lowest BCUT2D eigenvalue weighted by atomic mass is 10.3. The molecule has 1 heterocycles. The van der Waals surface area contributed by atoms with Gasteiger partial charge in [-0.25, -0.2) is 13.1 Å². The van der Waals surface area contributed by atoms with Crippen LogP contribution in [0.4, 0.5) is 5.69 Å². The second-order valence-corrected chi connectivity index (χ2v) is 7.24. The van der Waals surface area contributed by atoms with Crippen LogP contribution >= 0.6 is 27.3 Å². The van der Waals surface area contributed by atoms with Crippen molar-refractivity contribution >= 4 is 43.0 Å². The molecule has 0 aliphatic carbocycles. The van der Waals surface area contributed by atoms with Gasteiger partial charge in [0.15, 0.2) is 0 Å². The monoisotopic (exact) mass is 346 g/mol. The van der Waals surface area contributed by atoms with Gasteiger partial charge in [0, 0.05) is 21.3 Å². The van der Waals surface area contributed by atoms with Crippen molar-refractivity contribution in [2.24, 2.45) is 0 Å². The number of sulfonamides is 1. The van der Waals surface area contributed by atoms with E-state index in [0.29, 0.717) is 0 Å². The molecule has 0 saturated heterocycles. The zero-order valence-electron chi connectivity index (χ0n) is 9.26. The predicted molar refractivity (Wildman–Crippen MR) is 76.9 cm³/mol. The molecule has 0 unspecified atom stereocenters. The molecule has 0 spiro atoms. The zero-order chi connectivity index (χ0) is 13.2. The highest BCUT2D eigenvalue weighted by Gasteiger charge is 2.16. The summed E-state index contributed by atoms with van der Waals surface area (Å²) in [5.74, 6) is 0. The number of thiophene rings is 1. The Hall–Kier alpha value is -0.890. The van der Waals surface area contributed by atoms with E-state index in [4.69, 9.17) is 5.73 Å². The first kappa shape index (κ1) is 13.5. The summed E-state index contributed by atoms with van der Waals surface area (Å²) in [5.41, 5.74) is 5.90. The topological polar surface area (TPSA) is 72.2 Å². The van der Waals surface area contributed by atoms with Crippen molar-refractivity contribution in [1.29, 1.82) is 0 Å². The van der Waals surface area contributed by atoms with Gasteiger partial charge in [-0.15, -0.1) is 11.3 Å². The lowest BCUT2D eigenvalue weighted by Crippen LogP contribution is -2.23. The van der Waals surface area contributed by atoms with Crippen LogP contribution in [0.1, 0.15) is 4.88 Å². The molecule has 0 radical (unpaired) electrons. The van der Waals surface area contributed by atoms with E-state index in [1.807, 2.05) is 11.4 Å². The van der Waals surface area contributed by atoms with Gasteiger partial charge < -0.3 is 5.73 Å². The van der Waals surface area contributed by atoms with Crippen LogP contribution in [0.15, 0.2) is 45.1 Å². The Labute approximate surface area is 118 Å². The molecule has 2 rings (SSSR count). The summed E-state index contributed by atoms with van der Waals surface area (Å²) in [6.45, 7) is 0.257. The summed E-state index contributed by atoms with van der Waals surface area (Å²) in [4.78, 5) is 1.04. The van der Waals surface area contributed by atoms with Crippen LogP contribution in [0, 0.1) is 0 Å². The van der Waals surface area contributed by atoms with Crippen molar-refractivity contribution in [3.63, 3.8) is 0 Å². The summed E-state index contributed by atoms with van der Waals surface area (Å²) < 4.78 is 27.5. The molecule has 0 atom stereocenters. The van der Waals surface area contributed by atoms with Crippen LogP contribution in [0.5, 0.6) is 0 Å². The Morgan fingerprint density at radius 2 is 2.06 bits per heavy atom. The van der Waals surface area contributed by atoms with Crippen LogP contribution in [0.2, 0.25) is 0 Å². The van der Waals surface area contributed by atoms with Crippen molar-refractivity contribution in [1.82, 2.24) is 4.72 Å². The van der Waals surface area contributed by atoms with Crippen molar-refractivity contribution in [2.45, 2.75) is 11.4 Å². The second-order valence-electron chi connectivity index (χ2n) is 3.59. The van der Waals surface area contributed by atoms with Gasteiger partial charge in [0.05, 0.1) is 5.69 Å². The maximum absolute atomic E-state index is 12.0. The molecule has 7 heteroatoms. The largest absolute Gasteiger partial charge is 0.398 e. The number of benzene rings is 1. The maximum atomic E-state index is 12.0. The van der Waals surface area contributed by atoms with Crippen LogP contribution in [-0.2, 0) is 16.6 Å². The first-order chi connectivity index (χ1) is 8.49. The lowest BCUT2D eigenvalue weighted by Gasteiger charge is -2.07. The van der Waals surface area contributed by atoms with Gasteiger partial charge in [0.2, 0.25) is 10.0 Å². The number of halogens is 1. The minimum absolute atomic E-state index is 0.112. The Bertz CT molecular complexity index is 653. The Morgan fingerprint density at radius 1 is 1.33 bits per heavy atom. The molecule has 0 saturated carbocycles. The van der Waals surface area contributed by atoms with Gasteiger partial charge in [0.1, 0.15) is 4.90 Å². The molecule has 0 amide bonds. The highest BCUT2D eigenvalue weighted by Crippen LogP contribution is 2.21. The molecular formula is C11H11BrN2O2S2. The Kier molecular flexibility index (Phi) is 4.06. The van der Waals surface area contributed by atoms with Gasteiger partial charge >= 0.3 is 0 Å². The van der Waals surface area contributed by atoms with Crippen molar-refractivity contribution in [3.8, 4) is 0 Å². The van der Waals surface area contributed by atoms with E-state index in [1.165, 1.54) is 17.4 Å². The average Bonchev–Trinajstić information content (AvgIpc) is 2.73. The SMILES string of the molecule is Nc1ccccc1S(=O)(=O)NCc1cc(Br)cs1. The first-order valence-corrected chi connectivity index (χ1v) is 8.22. The normalized spacial score (nSPS) is 11.6. The van der Waals surface area contributed by atoms with Crippen molar-refractivity contribution in [2.75, 3.05) is 5.73 Å². The van der Waals surface area contributed by atoms with E-state index < -0.39 is 10.0 Å². The van der Waals surface area contributed by atoms with Crippen LogP contribution in [0.25, 0.3) is 0 Å². The summed E-state index contributed by atoms with van der Waals surface area (Å²) in [6, 6.07) is 8.28. The smallest absolute Gasteiger partial charge is 0.242 e. The Balaban J connectivity index is 2.16. The molecule has 0 aliphatic heterocycles. The molecule has 3 N–H and O–H groups in total. The fourth-order valence-electron chi connectivity index (χ4n) is 1.42. The van der Waals surface area contributed by atoms with Crippen LogP contribution in [0.3, 0.4) is 0 Å². The van der Waals surface area contributed by atoms with E-state index in [-0.39, 0.29) is 17.1 Å². The number of nitrogens with two attached hydrogens (primary N) is 1. The number of para-hydroxylation sites is 1. The third kappa shape index (κ3) is 3.11. The third-order valence-electron chi connectivity index (χ3n) is 2.27. The number of hydrogen-bond donors (Lipinski definition) is 2. The Morgan fingerprint density at radius 3 is 2.67 bits per heavy atom. The van der Waals surface area contributed by atoms with Crippen molar-refractivity contribution < 1.29 is 8.42 Å². The number of rotatable bonds is 4. The molecule has 96 valence electrons. The quantitative estimate of drug-likeness (QED) is 0.835. The second kappa shape index (κ2) is 5.40. The molecule has 4 nitrogen and oxygen atoms in total. The summed E-state index contributed by atoms with van der Waals surface area (Å²) >= 11 is 4.81. The van der Waals surface area contributed by atoms with Gasteiger partial charge in [-0.1, -0.05) is 12.1 Å². The predicted octanol–water partition coefficient (Wildman–Crippen LogP) is 2.57. The molecule has 1 aromatic heterocycles. The zero-order valence-corrected chi connectivity index (χ0v) is 12.5. The number of anilines is 1. The molecule has 0 fully saturated rings. The lowest BCUT2D eigenvalue weighted by molar-refractivity contribution is 0.582. The highest BCUT2D eigenvalue weighted by molar-refractivity contribution is 9.10. The molecule has 0 bridgehead atoms. The number of nitrogen functional groups attached to an aromatic ring is 1. The fraction of sp³-hybridized carbons (Fsp3) is 0.0909. The fourth-order valence-corrected chi connectivity index (χ4v) is 4.03. The van der Waals surface area contributed by atoms with Crippen LogP contribution in [-0.4, -0.2) is 8.42 Å². The minimum atomic E-state index is -3.56. The van der Waals surface area contributed by atoms with Gasteiger partial charge in [-0.05, 0) is 34.1 Å². The molecular weight excluding hydrogens is 336 g/mol. The molecule has 0 aliphatic rings. The van der Waals surface area contributed by atoms with Crippen molar-refractivity contribution in [3.05, 3.63) is 45.1 Å². The molecule has 2 aromatic rings. The summed E-state index contributed by atoms with van der Waals surface area (Å²) in [5, 5.41) is 1.90. The van der Waals surface area contributed by atoms with E-state index in [1.54, 1.807) is 18.2 Å². The van der Waals surface area contributed by atoms with Gasteiger partial charge in [-0.3, -0.25) is 0 Å². The van der Waals surface area contributed by atoms with E-state index >= 15 is 0 Å². The van der Waals surface area contributed by atoms with Gasteiger partial charge in [-0.2, -0.15) is 0 Å². The highest BCUT2D eigenvalue weighted by atomic mass is 79.9. The maximum Gasteiger partial charge on any atom is 0.242 e. The summed E-state index contributed by atoms with van der Waals surface area (Å²) in [6.07, 6.45) is 0. The third-order valence-corrected chi connectivity index (χ3v) is 5.44. The average molecular weight is 347 g/mol. The number of nitrogens with one attached hydrogen (secondary N) is 1. The number of hydrogen-bond acceptors (Lipinski definition) is 4. The van der Waals surface area contributed by atoms with E-state index in [0.717, 1.165) is 9.35 Å². The van der Waals surface area contributed by atoms with Crippen LogP contribution < -0.4 is 10.5 Å². The standard InChI is InChI=1S/C11H11BrN2O2S2/c12-8-5-9(17-7-8)6-14-18(15,16)11-4-2-1-3-10(11)13/h1-5,7,14H,6,13H2. The minimum Gasteiger partial charge on any atom is -0.398 e.